The molecule has 4 nitrogen and oxygen atoms in total. The highest BCUT2D eigenvalue weighted by atomic mass is 32.1. The highest BCUT2D eigenvalue weighted by Gasteiger charge is 2.27. The van der Waals surface area contributed by atoms with Gasteiger partial charge in [0.2, 0.25) is 5.91 Å². The minimum atomic E-state index is -4.34. The van der Waals surface area contributed by atoms with Gasteiger partial charge in [-0.3, -0.25) is 4.79 Å². The summed E-state index contributed by atoms with van der Waals surface area (Å²) in [6.45, 7) is -1.17. The number of halogens is 3. The lowest BCUT2D eigenvalue weighted by Gasteiger charge is -2.14. The van der Waals surface area contributed by atoms with E-state index >= 15 is 0 Å². The fraction of sp³-hybridized carbons (Fsp3) is 0.158. The molecular weight excluding hydrogens is 375 g/mol. The molecule has 1 heterocycles. The summed E-state index contributed by atoms with van der Waals surface area (Å²) >= 11 is 1.44. The van der Waals surface area contributed by atoms with Crippen molar-refractivity contribution in [2.75, 3.05) is 17.2 Å². The van der Waals surface area contributed by atoms with Crippen LogP contribution < -0.4 is 10.6 Å². The van der Waals surface area contributed by atoms with E-state index in [1.165, 1.54) is 17.4 Å². The molecule has 0 atom stereocenters. The van der Waals surface area contributed by atoms with Crippen LogP contribution in [0.25, 0.3) is 10.6 Å². The normalized spacial score (nSPS) is 11.2. The van der Waals surface area contributed by atoms with Gasteiger partial charge in [-0.25, -0.2) is 4.98 Å². The summed E-state index contributed by atoms with van der Waals surface area (Å²) in [5.41, 5.74) is 2.09. The Morgan fingerprint density at radius 3 is 2.37 bits per heavy atom. The van der Waals surface area contributed by atoms with Crippen LogP contribution in [0.2, 0.25) is 0 Å². The smallest absolute Gasteiger partial charge is 0.375 e. The topological polar surface area (TPSA) is 54.0 Å². The van der Waals surface area contributed by atoms with Crippen LogP contribution >= 0.6 is 11.3 Å². The first kappa shape index (κ1) is 18.9. The standard InChI is InChI=1S/C19H16F3N3OS/c20-19(21,22)12-23-15-8-4-5-9-16(15)25-17(26)10-14-11-27-18(24-14)13-6-2-1-3-7-13/h1-9,11,23H,10,12H2,(H,25,26). The van der Waals surface area contributed by atoms with E-state index in [2.05, 4.69) is 15.6 Å². The van der Waals surface area contributed by atoms with Crippen molar-refractivity contribution < 1.29 is 18.0 Å². The number of anilines is 2. The predicted molar refractivity (Wildman–Crippen MR) is 101 cm³/mol. The van der Waals surface area contributed by atoms with E-state index in [0.29, 0.717) is 11.4 Å². The molecule has 1 aromatic heterocycles. The van der Waals surface area contributed by atoms with E-state index in [1.54, 1.807) is 23.6 Å². The van der Waals surface area contributed by atoms with Crippen molar-refractivity contribution in [3.8, 4) is 10.6 Å². The third kappa shape index (κ3) is 5.55. The van der Waals surface area contributed by atoms with Crippen molar-refractivity contribution >= 4 is 28.6 Å². The van der Waals surface area contributed by atoms with E-state index in [0.717, 1.165) is 10.6 Å². The zero-order valence-corrected chi connectivity index (χ0v) is 14.9. The van der Waals surface area contributed by atoms with E-state index in [9.17, 15) is 18.0 Å². The Morgan fingerprint density at radius 1 is 1.00 bits per heavy atom. The molecule has 0 aliphatic heterocycles. The molecule has 0 aliphatic carbocycles. The summed E-state index contributed by atoms with van der Waals surface area (Å²) in [6, 6.07) is 15.9. The highest BCUT2D eigenvalue weighted by Crippen LogP contribution is 2.25. The first-order valence-corrected chi connectivity index (χ1v) is 8.98. The second-order valence-electron chi connectivity index (χ2n) is 5.75. The summed E-state index contributed by atoms with van der Waals surface area (Å²) in [7, 11) is 0. The maximum Gasteiger partial charge on any atom is 0.405 e. The number of amides is 1. The molecule has 2 N–H and O–H groups in total. The maximum atomic E-state index is 12.4. The number of thiazole rings is 1. The molecule has 3 rings (SSSR count). The second kappa shape index (κ2) is 8.22. The Hall–Kier alpha value is -2.87. The molecule has 3 aromatic rings. The zero-order valence-electron chi connectivity index (χ0n) is 14.1. The number of aromatic nitrogens is 1. The lowest BCUT2D eigenvalue weighted by Crippen LogP contribution is -2.22. The van der Waals surface area contributed by atoms with Crippen molar-refractivity contribution in [3.63, 3.8) is 0 Å². The second-order valence-corrected chi connectivity index (χ2v) is 6.61. The summed E-state index contributed by atoms with van der Waals surface area (Å²) in [5.74, 6) is -0.346. The van der Waals surface area contributed by atoms with Crippen LogP contribution in [0.4, 0.5) is 24.5 Å². The third-order valence-electron chi connectivity index (χ3n) is 3.59. The maximum absolute atomic E-state index is 12.4. The van der Waals surface area contributed by atoms with Gasteiger partial charge in [-0.15, -0.1) is 11.3 Å². The van der Waals surface area contributed by atoms with Gasteiger partial charge >= 0.3 is 6.18 Å². The fourth-order valence-electron chi connectivity index (χ4n) is 2.40. The van der Waals surface area contributed by atoms with E-state index in [4.69, 9.17) is 0 Å². The molecule has 0 saturated carbocycles. The molecule has 8 heteroatoms. The fourth-order valence-corrected chi connectivity index (χ4v) is 3.23. The predicted octanol–water partition coefficient (Wildman–Crippen LogP) is 4.97. The number of para-hydroxylation sites is 2. The number of benzene rings is 2. The molecule has 2 aromatic carbocycles. The number of nitrogens with one attached hydrogen (secondary N) is 2. The van der Waals surface area contributed by atoms with Gasteiger partial charge < -0.3 is 10.6 Å². The molecule has 0 unspecified atom stereocenters. The van der Waals surface area contributed by atoms with Crippen LogP contribution in [0.3, 0.4) is 0 Å². The average molecular weight is 391 g/mol. The lowest BCUT2D eigenvalue weighted by atomic mass is 10.2. The average Bonchev–Trinajstić information content (AvgIpc) is 3.09. The number of alkyl halides is 3. The van der Waals surface area contributed by atoms with Crippen LogP contribution in [0.15, 0.2) is 60.0 Å². The molecular formula is C19H16F3N3OS. The molecule has 27 heavy (non-hydrogen) atoms. The van der Waals surface area contributed by atoms with Crippen LogP contribution in [-0.2, 0) is 11.2 Å². The minimum Gasteiger partial charge on any atom is -0.375 e. The summed E-state index contributed by atoms with van der Waals surface area (Å²) in [4.78, 5) is 16.7. The van der Waals surface area contributed by atoms with Crippen molar-refractivity contribution in [3.05, 3.63) is 65.7 Å². The Kier molecular flexibility index (Phi) is 5.75. The van der Waals surface area contributed by atoms with Crippen LogP contribution in [0.1, 0.15) is 5.69 Å². The SMILES string of the molecule is O=C(Cc1csc(-c2ccccc2)n1)Nc1ccccc1NCC(F)(F)F. The Labute approximate surface area is 158 Å². The van der Waals surface area contributed by atoms with Crippen LogP contribution in [0.5, 0.6) is 0 Å². The Bertz CT molecular complexity index is 910. The van der Waals surface area contributed by atoms with Gasteiger partial charge in [-0.05, 0) is 12.1 Å². The van der Waals surface area contributed by atoms with Gasteiger partial charge in [0.15, 0.2) is 0 Å². The molecule has 0 fully saturated rings. The number of nitrogens with zero attached hydrogens (tertiary/aromatic N) is 1. The van der Waals surface area contributed by atoms with E-state index in [1.807, 2.05) is 30.3 Å². The molecule has 1 amide bonds. The first-order chi connectivity index (χ1) is 12.9. The van der Waals surface area contributed by atoms with E-state index < -0.39 is 12.7 Å². The number of hydrogen-bond donors (Lipinski definition) is 2. The number of carbonyl (C=O) groups excluding carboxylic acids is 1. The molecule has 0 radical (unpaired) electrons. The number of carbonyl (C=O) groups is 1. The zero-order chi connectivity index (χ0) is 19.3. The Morgan fingerprint density at radius 2 is 1.67 bits per heavy atom. The molecule has 0 spiro atoms. The number of rotatable bonds is 6. The van der Waals surface area contributed by atoms with Gasteiger partial charge in [0.05, 0.1) is 23.5 Å². The molecule has 140 valence electrons. The van der Waals surface area contributed by atoms with Crippen LogP contribution in [0, 0.1) is 0 Å². The third-order valence-corrected chi connectivity index (χ3v) is 4.53. The molecule has 0 saturated heterocycles. The molecule has 0 aliphatic rings. The number of hydrogen-bond acceptors (Lipinski definition) is 4. The van der Waals surface area contributed by atoms with Gasteiger partial charge in [-0.1, -0.05) is 42.5 Å². The van der Waals surface area contributed by atoms with Gasteiger partial charge in [0.1, 0.15) is 11.6 Å². The van der Waals surface area contributed by atoms with Gasteiger partial charge in [-0.2, -0.15) is 13.2 Å². The van der Waals surface area contributed by atoms with Crippen molar-refractivity contribution in [2.45, 2.75) is 12.6 Å². The lowest BCUT2D eigenvalue weighted by molar-refractivity contribution is -0.116. The first-order valence-electron chi connectivity index (χ1n) is 8.10. The summed E-state index contributed by atoms with van der Waals surface area (Å²) in [5, 5.41) is 7.55. The van der Waals surface area contributed by atoms with E-state index in [-0.39, 0.29) is 18.0 Å². The largest absolute Gasteiger partial charge is 0.405 e. The Balaban J connectivity index is 1.64. The van der Waals surface area contributed by atoms with Gasteiger partial charge in [0.25, 0.3) is 0 Å². The van der Waals surface area contributed by atoms with Crippen molar-refractivity contribution in [1.82, 2.24) is 4.98 Å². The quantitative estimate of drug-likeness (QED) is 0.624. The molecule has 0 bridgehead atoms. The minimum absolute atomic E-state index is 0.0386. The summed E-state index contributed by atoms with van der Waals surface area (Å²) < 4.78 is 37.2. The van der Waals surface area contributed by atoms with Gasteiger partial charge in [0, 0.05) is 10.9 Å². The monoisotopic (exact) mass is 391 g/mol. The highest BCUT2D eigenvalue weighted by molar-refractivity contribution is 7.13. The summed E-state index contributed by atoms with van der Waals surface area (Å²) in [6.07, 6.45) is -4.30. The van der Waals surface area contributed by atoms with Crippen molar-refractivity contribution in [1.29, 1.82) is 0 Å². The van der Waals surface area contributed by atoms with Crippen LogP contribution in [-0.4, -0.2) is 23.6 Å². The van der Waals surface area contributed by atoms with Crippen molar-refractivity contribution in [2.24, 2.45) is 0 Å².